The minimum absolute atomic E-state index is 0.00512. The van der Waals surface area contributed by atoms with Crippen LogP contribution in [0.3, 0.4) is 0 Å². The average Bonchev–Trinajstić information content (AvgIpc) is 3.18. The number of benzene rings is 2. The van der Waals surface area contributed by atoms with Crippen molar-refractivity contribution in [1.82, 2.24) is 14.6 Å². The number of hydrogen-bond donors (Lipinski definition) is 1. The SMILES string of the molecule is CCc1cccc(NC(=O)CCc2c(C)nc3cc(-c4ccc(Cl)cc4)nn3c2C)c1. The van der Waals surface area contributed by atoms with Gasteiger partial charge in [-0.05, 0) is 62.1 Å². The Morgan fingerprint density at radius 3 is 2.61 bits per heavy atom. The van der Waals surface area contributed by atoms with E-state index in [0.29, 0.717) is 17.9 Å². The van der Waals surface area contributed by atoms with Gasteiger partial charge in [-0.15, -0.1) is 0 Å². The van der Waals surface area contributed by atoms with Gasteiger partial charge in [-0.25, -0.2) is 9.50 Å². The second kappa shape index (κ2) is 8.90. The van der Waals surface area contributed by atoms with Gasteiger partial charge in [0.1, 0.15) is 0 Å². The molecular weight excluding hydrogens is 408 g/mol. The Hall–Kier alpha value is -3.18. The predicted octanol–water partition coefficient (Wildman–Crippen LogP) is 5.80. The van der Waals surface area contributed by atoms with Gasteiger partial charge in [-0.1, -0.05) is 42.8 Å². The Kier molecular flexibility index (Phi) is 6.05. The normalized spacial score (nSPS) is 11.1. The van der Waals surface area contributed by atoms with Crippen LogP contribution < -0.4 is 5.32 Å². The van der Waals surface area contributed by atoms with Crippen molar-refractivity contribution >= 4 is 28.8 Å². The van der Waals surface area contributed by atoms with Crippen LogP contribution in [0.4, 0.5) is 5.69 Å². The molecule has 0 aliphatic rings. The zero-order chi connectivity index (χ0) is 22.0. The summed E-state index contributed by atoms with van der Waals surface area (Å²) >= 11 is 6.00. The highest BCUT2D eigenvalue weighted by Gasteiger charge is 2.14. The lowest BCUT2D eigenvalue weighted by molar-refractivity contribution is -0.116. The highest BCUT2D eigenvalue weighted by molar-refractivity contribution is 6.30. The van der Waals surface area contributed by atoms with Crippen LogP contribution in [-0.2, 0) is 17.6 Å². The number of hydrogen-bond acceptors (Lipinski definition) is 3. The third-order valence-corrected chi connectivity index (χ3v) is 5.78. The Labute approximate surface area is 187 Å². The highest BCUT2D eigenvalue weighted by Crippen LogP contribution is 2.24. The van der Waals surface area contributed by atoms with Gasteiger partial charge in [0.2, 0.25) is 5.91 Å². The van der Waals surface area contributed by atoms with Crippen LogP contribution in [0, 0.1) is 13.8 Å². The fraction of sp³-hybridized carbons (Fsp3) is 0.240. The molecule has 158 valence electrons. The van der Waals surface area contributed by atoms with Gasteiger partial charge in [0.25, 0.3) is 0 Å². The summed E-state index contributed by atoms with van der Waals surface area (Å²) < 4.78 is 1.86. The van der Waals surface area contributed by atoms with E-state index < -0.39 is 0 Å². The van der Waals surface area contributed by atoms with E-state index in [2.05, 4.69) is 18.3 Å². The van der Waals surface area contributed by atoms with Gasteiger partial charge < -0.3 is 5.32 Å². The van der Waals surface area contributed by atoms with Crippen LogP contribution in [0.5, 0.6) is 0 Å². The van der Waals surface area contributed by atoms with Gasteiger partial charge in [-0.3, -0.25) is 4.79 Å². The molecule has 4 aromatic rings. The molecule has 0 aliphatic carbocycles. The molecule has 5 nitrogen and oxygen atoms in total. The second-order valence-corrected chi connectivity index (χ2v) is 8.11. The van der Waals surface area contributed by atoms with E-state index in [1.807, 2.05) is 66.9 Å². The van der Waals surface area contributed by atoms with Crippen molar-refractivity contribution < 1.29 is 4.79 Å². The van der Waals surface area contributed by atoms with Crippen LogP contribution >= 0.6 is 11.6 Å². The highest BCUT2D eigenvalue weighted by atomic mass is 35.5. The molecule has 2 aromatic heterocycles. The standard InChI is InChI=1S/C25H25ClN4O/c1-4-18-6-5-7-21(14-18)28-25(31)13-12-22-16(2)27-24-15-23(29-30(24)17(22)3)19-8-10-20(26)11-9-19/h5-11,14-15H,4,12-13H2,1-3H3,(H,28,31). The molecule has 0 spiro atoms. The summed E-state index contributed by atoms with van der Waals surface area (Å²) in [7, 11) is 0. The minimum atomic E-state index is -0.00512. The van der Waals surface area contributed by atoms with Gasteiger partial charge in [-0.2, -0.15) is 5.10 Å². The van der Waals surface area contributed by atoms with E-state index in [0.717, 1.165) is 46.0 Å². The van der Waals surface area contributed by atoms with Crippen molar-refractivity contribution in [3.63, 3.8) is 0 Å². The average molecular weight is 433 g/mol. The lowest BCUT2D eigenvalue weighted by Crippen LogP contribution is -2.14. The van der Waals surface area contributed by atoms with Crippen LogP contribution in [-0.4, -0.2) is 20.5 Å². The number of rotatable bonds is 6. The summed E-state index contributed by atoms with van der Waals surface area (Å²) in [5.41, 5.74) is 7.65. The Morgan fingerprint density at radius 1 is 1.10 bits per heavy atom. The van der Waals surface area contributed by atoms with Crippen molar-refractivity contribution in [2.45, 2.75) is 40.0 Å². The molecule has 0 aliphatic heterocycles. The fourth-order valence-electron chi connectivity index (χ4n) is 3.78. The van der Waals surface area contributed by atoms with Crippen LogP contribution in [0.25, 0.3) is 16.9 Å². The molecule has 0 unspecified atom stereocenters. The molecule has 0 fully saturated rings. The van der Waals surface area contributed by atoms with Crippen LogP contribution in [0.1, 0.15) is 35.9 Å². The number of carbonyl (C=O) groups is 1. The molecule has 1 N–H and O–H groups in total. The van der Waals surface area contributed by atoms with E-state index in [-0.39, 0.29) is 5.91 Å². The third-order valence-electron chi connectivity index (χ3n) is 5.53. The van der Waals surface area contributed by atoms with Crippen molar-refractivity contribution in [1.29, 1.82) is 0 Å². The molecule has 6 heteroatoms. The molecule has 1 amide bonds. The largest absolute Gasteiger partial charge is 0.326 e. The second-order valence-electron chi connectivity index (χ2n) is 7.67. The zero-order valence-electron chi connectivity index (χ0n) is 17.9. The molecule has 31 heavy (non-hydrogen) atoms. The van der Waals surface area contributed by atoms with Crippen LogP contribution in [0.15, 0.2) is 54.6 Å². The predicted molar refractivity (Wildman–Crippen MR) is 126 cm³/mol. The smallest absolute Gasteiger partial charge is 0.224 e. The summed E-state index contributed by atoms with van der Waals surface area (Å²) in [6, 6.07) is 17.5. The summed E-state index contributed by atoms with van der Waals surface area (Å²) in [5.74, 6) is -0.00512. The number of fused-ring (bicyclic) bond motifs is 1. The number of anilines is 1. The molecule has 4 rings (SSSR count). The minimum Gasteiger partial charge on any atom is -0.326 e. The maximum atomic E-state index is 12.5. The fourth-order valence-corrected chi connectivity index (χ4v) is 3.91. The van der Waals surface area contributed by atoms with Crippen molar-refractivity contribution in [2.24, 2.45) is 0 Å². The lowest BCUT2D eigenvalue weighted by atomic mass is 10.1. The Balaban J connectivity index is 1.53. The van der Waals surface area contributed by atoms with Gasteiger partial charge in [0.05, 0.1) is 5.69 Å². The number of nitrogens with zero attached hydrogens (tertiary/aromatic N) is 3. The molecule has 2 aromatic carbocycles. The van der Waals surface area contributed by atoms with Gasteiger partial charge in [0.15, 0.2) is 5.65 Å². The number of amides is 1. The van der Waals surface area contributed by atoms with Crippen LogP contribution in [0.2, 0.25) is 5.02 Å². The van der Waals surface area contributed by atoms with E-state index >= 15 is 0 Å². The number of aryl methyl sites for hydroxylation is 3. The van der Waals surface area contributed by atoms with E-state index in [1.54, 1.807) is 0 Å². The van der Waals surface area contributed by atoms with Crippen molar-refractivity contribution in [3.05, 3.63) is 82.1 Å². The summed E-state index contributed by atoms with van der Waals surface area (Å²) in [5, 5.41) is 8.43. The monoisotopic (exact) mass is 432 g/mol. The van der Waals surface area contributed by atoms with E-state index in [4.69, 9.17) is 21.7 Å². The molecule has 0 atom stereocenters. The first-order valence-electron chi connectivity index (χ1n) is 10.4. The summed E-state index contributed by atoms with van der Waals surface area (Å²) in [6.45, 7) is 6.11. The number of carbonyl (C=O) groups excluding carboxylic acids is 1. The number of halogens is 1. The quantitative estimate of drug-likeness (QED) is 0.418. The van der Waals surface area contributed by atoms with Gasteiger partial charge >= 0.3 is 0 Å². The molecule has 2 heterocycles. The number of aromatic nitrogens is 3. The van der Waals surface area contributed by atoms with Crippen molar-refractivity contribution in [2.75, 3.05) is 5.32 Å². The molecule has 0 saturated carbocycles. The first kappa shape index (κ1) is 21.1. The topological polar surface area (TPSA) is 59.3 Å². The summed E-state index contributed by atoms with van der Waals surface area (Å²) in [4.78, 5) is 17.3. The van der Waals surface area contributed by atoms with Gasteiger partial charge in [0, 0.05) is 40.1 Å². The maximum Gasteiger partial charge on any atom is 0.224 e. The lowest BCUT2D eigenvalue weighted by Gasteiger charge is -2.11. The maximum absolute atomic E-state index is 12.5. The number of nitrogens with one attached hydrogen (secondary N) is 1. The third kappa shape index (κ3) is 4.62. The van der Waals surface area contributed by atoms with E-state index in [9.17, 15) is 4.79 Å². The summed E-state index contributed by atoms with van der Waals surface area (Å²) in [6.07, 6.45) is 1.93. The van der Waals surface area contributed by atoms with Crippen molar-refractivity contribution in [3.8, 4) is 11.3 Å². The molecular formula is C25H25ClN4O. The molecule has 0 bridgehead atoms. The molecule has 0 saturated heterocycles. The van der Waals surface area contributed by atoms with E-state index in [1.165, 1.54) is 5.56 Å². The Morgan fingerprint density at radius 2 is 1.87 bits per heavy atom. The first-order chi connectivity index (χ1) is 14.9. The Bertz CT molecular complexity index is 1240. The molecule has 0 radical (unpaired) electrons. The first-order valence-corrected chi connectivity index (χ1v) is 10.8. The zero-order valence-corrected chi connectivity index (χ0v) is 18.7.